The zero-order valence-corrected chi connectivity index (χ0v) is 14.3. The molecule has 7 heteroatoms. The van der Waals surface area contributed by atoms with E-state index >= 15 is 0 Å². The van der Waals surface area contributed by atoms with Gasteiger partial charge in [0.15, 0.2) is 0 Å². The quantitative estimate of drug-likeness (QED) is 0.862. The molecule has 2 aromatic rings. The zero-order chi connectivity index (χ0) is 17.8. The van der Waals surface area contributed by atoms with Gasteiger partial charge < -0.3 is 20.3 Å². The molecule has 0 saturated carbocycles. The molecule has 0 spiro atoms. The van der Waals surface area contributed by atoms with Crippen LogP contribution in [0.15, 0.2) is 30.5 Å². The Morgan fingerprint density at radius 1 is 1.20 bits per heavy atom. The predicted molar refractivity (Wildman–Crippen MR) is 95.7 cm³/mol. The molecule has 1 aliphatic heterocycles. The maximum Gasteiger partial charge on any atom is 0.341 e. The number of hydrogen-bond donors (Lipinski definition) is 1. The Morgan fingerprint density at radius 3 is 2.76 bits per heavy atom. The molecule has 1 aromatic carbocycles. The van der Waals surface area contributed by atoms with E-state index in [1.165, 1.54) is 0 Å². The average Bonchev–Trinajstić information content (AvgIpc) is 2.87. The molecule has 132 valence electrons. The molecule has 1 fully saturated rings. The van der Waals surface area contributed by atoms with Crippen LogP contribution in [0.2, 0.25) is 0 Å². The topological polar surface area (TPSA) is 88.8 Å². The van der Waals surface area contributed by atoms with Crippen molar-refractivity contribution < 1.29 is 14.3 Å². The molecule has 1 aliphatic rings. The van der Waals surface area contributed by atoms with Crippen LogP contribution in [0.1, 0.15) is 23.7 Å². The first kappa shape index (κ1) is 17.0. The summed E-state index contributed by atoms with van der Waals surface area (Å²) < 4.78 is 5.21. The van der Waals surface area contributed by atoms with Gasteiger partial charge in [-0.1, -0.05) is 18.2 Å². The number of ether oxygens (including phenoxy) is 1. The molecule has 0 radical (unpaired) electrons. The second kappa shape index (κ2) is 7.38. The Hall–Kier alpha value is -2.83. The van der Waals surface area contributed by atoms with E-state index in [4.69, 9.17) is 10.5 Å². The number of carbonyl (C=O) groups excluding carboxylic acids is 2. The number of amides is 2. The molecule has 0 aliphatic carbocycles. The average molecular weight is 342 g/mol. The number of primary amides is 1. The maximum absolute atomic E-state index is 12.4. The Balaban J connectivity index is 2.04. The van der Waals surface area contributed by atoms with Crippen LogP contribution in [-0.2, 0) is 4.74 Å². The number of fused-ring (bicyclic) bond motifs is 1. The Labute approximate surface area is 146 Å². The molecule has 2 amide bonds. The van der Waals surface area contributed by atoms with Crippen molar-refractivity contribution in [1.29, 1.82) is 0 Å². The summed E-state index contributed by atoms with van der Waals surface area (Å²) >= 11 is 0. The van der Waals surface area contributed by atoms with Crippen molar-refractivity contribution in [2.75, 3.05) is 37.7 Å². The van der Waals surface area contributed by atoms with Gasteiger partial charge in [-0.05, 0) is 19.4 Å². The van der Waals surface area contributed by atoms with E-state index in [1.54, 1.807) is 18.0 Å². The van der Waals surface area contributed by atoms with Crippen molar-refractivity contribution in [3.63, 3.8) is 0 Å². The van der Waals surface area contributed by atoms with Gasteiger partial charge in [0.25, 0.3) is 0 Å². The van der Waals surface area contributed by atoms with Crippen LogP contribution in [0.3, 0.4) is 0 Å². The van der Waals surface area contributed by atoms with Gasteiger partial charge >= 0.3 is 12.0 Å². The van der Waals surface area contributed by atoms with E-state index in [0.717, 1.165) is 29.6 Å². The molecule has 0 atom stereocenters. The normalized spacial score (nSPS) is 15.1. The monoisotopic (exact) mass is 342 g/mol. The molecule has 7 nitrogen and oxygen atoms in total. The molecule has 25 heavy (non-hydrogen) atoms. The first-order valence-corrected chi connectivity index (χ1v) is 8.46. The molecule has 1 aromatic heterocycles. The summed E-state index contributed by atoms with van der Waals surface area (Å²) in [6.45, 7) is 4.55. The Bertz CT molecular complexity index is 793. The molecule has 0 unspecified atom stereocenters. The number of benzene rings is 1. The fraction of sp³-hybridized carbons (Fsp3) is 0.389. The number of rotatable bonds is 3. The van der Waals surface area contributed by atoms with Crippen LogP contribution >= 0.6 is 0 Å². The van der Waals surface area contributed by atoms with Gasteiger partial charge in [0, 0.05) is 37.8 Å². The number of nitrogens with zero attached hydrogens (tertiary/aromatic N) is 3. The van der Waals surface area contributed by atoms with E-state index in [9.17, 15) is 9.59 Å². The minimum absolute atomic E-state index is 0.306. The van der Waals surface area contributed by atoms with Crippen molar-refractivity contribution in [3.05, 3.63) is 36.0 Å². The Kier molecular flexibility index (Phi) is 5.02. The lowest BCUT2D eigenvalue weighted by atomic mass is 10.1. The predicted octanol–water partition coefficient (Wildman–Crippen LogP) is 2.00. The van der Waals surface area contributed by atoms with E-state index in [-0.39, 0.29) is 5.97 Å². The van der Waals surface area contributed by atoms with Gasteiger partial charge in [0.2, 0.25) is 0 Å². The number of anilines is 1. The lowest BCUT2D eigenvalue weighted by Gasteiger charge is -2.26. The second-order valence-corrected chi connectivity index (χ2v) is 5.92. The molecule has 2 N–H and O–H groups in total. The molecule has 2 heterocycles. The fourth-order valence-corrected chi connectivity index (χ4v) is 3.19. The number of esters is 1. The summed E-state index contributed by atoms with van der Waals surface area (Å²) in [5.74, 6) is -0.383. The number of aromatic nitrogens is 1. The van der Waals surface area contributed by atoms with Crippen LogP contribution in [0.5, 0.6) is 0 Å². The van der Waals surface area contributed by atoms with Crippen LogP contribution in [0, 0.1) is 0 Å². The number of hydrogen-bond acceptors (Lipinski definition) is 5. The molecule has 0 bridgehead atoms. The van der Waals surface area contributed by atoms with Gasteiger partial charge in [0.1, 0.15) is 5.56 Å². The van der Waals surface area contributed by atoms with Crippen LogP contribution < -0.4 is 10.6 Å². The minimum Gasteiger partial charge on any atom is -0.462 e. The lowest BCUT2D eigenvalue weighted by Crippen LogP contribution is -2.38. The summed E-state index contributed by atoms with van der Waals surface area (Å²) in [6, 6.07) is 7.31. The number of carbonyl (C=O) groups is 2. The number of pyridine rings is 1. The highest BCUT2D eigenvalue weighted by atomic mass is 16.5. The number of nitrogens with two attached hydrogens (primary N) is 1. The minimum atomic E-state index is -0.410. The van der Waals surface area contributed by atoms with Crippen molar-refractivity contribution >= 4 is 28.6 Å². The van der Waals surface area contributed by atoms with Crippen molar-refractivity contribution in [2.24, 2.45) is 5.73 Å². The molecule has 1 saturated heterocycles. The van der Waals surface area contributed by atoms with Crippen LogP contribution in [0.4, 0.5) is 10.5 Å². The third-order valence-corrected chi connectivity index (χ3v) is 4.37. The maximum atomic E-state index is 12.4. The van der Waals surface area contributed by atoms with E-state index in [0.29, 0.717) is 31.8 Å². The van der Waals surface area contributed by atoms with Gasteiger partial charge in [-0.15, -0.1) is 0 Å². The summed E-state index contributed by atoms with van der Waals surface area (Å²) in [7, 11) is 0. The molecular formula is C18H22N4O3. The van der Waals surface area contributed by atoms with E-state index in [2.05, 4.69) is 9.88 Å². The summed E-state index contributed by atoms with van der Waals surface area (Å²) in [5, 5.41) is 0.903. The van der Waals surface area contributed by atoms with Gasteiger partial charge in [-0.25, -0.2) is 9.59 Å². The molecular weight excluding hydrogens is 320 g/mol. The van der Waals surface area contributed by atoms with Crippen molar-refractivity contribution in [3.8, 4) is 0 Å². The fourth-order valence-electron chi connectivity index (χ4n) is 3.19. The third-order valence-electron chi connectivity index (χ3n) is 4.37. The van der Waals surface area contributed by atoms with Gasteiger partial charge in [-0.3, -0.25) is 4.98 Å². The zero-order valence-electron chi connectivity index (χ0n) is 14.3. The highest BCUT2D eigenvalue weighted by Gasteiger charge is 2.24. The van der Waals surface area contributed by atoms with Crippen molar-refractivity contribution in [1.82, 2.24) is 9.88 Å². The van der Waals surface area contributed by atoms with Crippen LogP contribution in [-0.4, -0.2) is 54.7 Å². The largest absolute Gasteiger partial charge is 0.462 e. The van der Waals surface area contributed by atoms with Crippen LogP contribution in [0.25, 0.3) is 10.9 Å². The van der Waals surface area contributed by atoms with Gasteiger partial charge in [-0.2, -0.15) is 0 Å². The highest BCUT2D eigenvalue weighted by molar-refractivity contribution is 6.05. The summed E-state index contributed by atoms with van der Waals surface area (Å²) in [4.78, 5) is 32.1. The SMILES string of the molecule is CCOC(=O)c1cnc2ccccc2c1N1CCCN(C(N)=O)CC1. The first-order chi connectivity index (χ1) is 12.1. The second-order valence-electron chi connectivity index (χ2n) is 5.92. The van der Waals surface area contributed by atoms with Crippen molar-refractivity contribution in [2.45, 2.75) is 13.3 Å². The standard InChI is InChI=1S/C18H22N4O3/c1-2-25-17(23)14-12-20-15-7-4-3-6-13(15)16(14)21-8-5-9-22(11-10-21)18(19)24/h3-4,6-7,12H,2,5,8-11H2,1H3,(H2,19,24). The Morgan fingerprint density at radius 2 is 2.00 bits per heavy atom. The smallest absolute Gasteiger partial charge is 0.341 e. The summed E-state index contributed by atoms with van der Waals surface area (Å²) in [5.41, 5.74) is 7.50. The summed E-state index contributed by atoms with van der Waals surface area (Å²) in [6.07, 6.45) is 2.36. The van der Waals surface area contributed by atoms with E-state index < -0.39 is 6.03 Å². The first-order valence-electron chi connectivity index (χ1n) is 8.46. The van der Waals surface area contributed by atoms with Gasteiger partial charge in [0.05, 0.1) is 17.8 Å². The lowest BCUT2D eigenvalue weighted by molar-refractivity contribution is 0.0526. The number of urea groups is 1. The molecule has 3 rings (SSSR count). The number of para-hydroxylation sites is 1. The third kappa shape index (κ3) is 3.50. The van der Waals surface area contributed by atoms with E-state index in [1.807, 2.05) is 24.3 Å². The highest BCUT2D eigenvalue weighted by Crippen LogP contribution is 2.31.